The minimum absolute atomic E-state index is 0.0198. The van der Waals surface area contributed by atoms with Gasteiger partial charge in [0.05, 0.1) is 10.9 Å². The van der Waals surface area contributed by atoms with Crippen LogP contribution in [0.1, 0.15) is 11.6 Å². The van der Waals surface area contributed by atoms with Crippen LogP contribution in [-0.2, 0) is 4.79 Å². The maximum atomic E-state index is 12.4. The molecular weight excluding hydrogens is 314 g/mol. The number of nitrogens with zero attached hydrogens (tertiary/aromatic N) is 1. The Morgan fingerprint density at radius 2 is 2.18 bits per heavy atom. The fraction of sp³-hybridized carbons (Fsp3) is 0.250. The summed E-state index contributed by atoms with van der Waals surface area (Å²) < 4.78 is 0.603. The van der Waals surface area contributed by atoms with E-state index in [-0.39, 0.29) is 17.9 Å². The first-order chi connectivity index (χ1) is 10.7. The van der Waals surface area contributed by atoms with Crippen LogP contribution in [0.25, 0.3) is 0 Å². The van der Waals surface area contributed by atoms with Crippen LogP contribution in [0.4, 0.5) is 0 Å². The Morgan fingerprint density at radius 1 is 1.41 bits per heavy atom. The zero-order valence-corrected chi connectivity index (χ0v) is 13.6. The van der Waals surface area contributed by atoms with E-state index in [0.717, 1.165) is 6.54 Å². The number of rotatable bonds is 4. The van der Waals surface area contributed by atoms with Gasteiger partial charge in [-0.1, -0.05) is 66.5 Å². The first kappa shape index (κ1) is 15.4. The second-order valence-corrected chi connectivity index (χ2v) is 6.86. The van der Waals surface area contributed by atoms with E-state index in [2.05, 4.69) is 29.6 Å². The van der Waals surface area contributed by atoms with Crippen LogP contribution in [0, 0.1) is 5.92 Å². The van der Waals surface area contributed by atoms with Crippen LogP contribution in [0.15, 0.2) is 54.0 Å². The number of hydrogen-bond donors (Lipinski definition) is 2. The summed E-state index contributed by atoms with van der Waals surface area (Å²) in [6, 6.07) is 10.4. The minimum atomic E-state index is -0.0198. The smallest absolute Gasteiger partial charge is 0.266 e. The van der Waals surface area contributed by atoms with Crippen molar-refractivity contribution in [2.75, 3.05) is 13.1 Å². The minimum Gasteiger partial charge on any atom is -0.289 e. The summed E-state index contributed by atoms with van der Waals surface area (Å²) in [5.74, 6) is 0.189. The highest BCUT2D eigenvalue weighted by molar-refractivity contribution is 8.26. The predicted octanol–water partition coefficient (Wildman–Crippen LogP) is 2.38. The molecule has 0 radical (unpaired) electrons. The van der Waals surface area contributed by atoms with Gasteiger partial charge in [-0.05, 0) is 5.56 Å². The Morgan fingerprint density at radius 3 is 2.91 bits per heavy atom. The van der Waals surface area contributed by atoms with Gasteiger partial charge in [-0.2, -0.15) is 0 Å². The standard InChI is InChI=1S/C16H17N3OS2/c1-2-8-19-15(20)13(22-16(19)21)9-12-10-17-18-14(12)11-6-4-3-5-7-11/h2-7,9,12,14,17-18H,1,8,10H2/b13-9-. The molecule has 2 aliphatic heterocycles. The lowest BCUT2D eigenvalue weighted by Gasteiger charge is -2.16. The molecule has 0 saturated carbocycles. The van der Waals surface area contributed by atoms with Crippen LogP contribution in [0.3, 0.4) is 0 Å². The maximum absolute atomic E-state index is 12.4. The van der Waals surface area contributed by atoms with Crippen molar-refractivity contribution in [3.63, 3.8) is 0 Å². The average molecular weight is 331 g/mol. The Kier molecular flexibility index (Phi) is 4.73. The van der Waals surface area contributed by atoms with Crippen molar-refractivity contribution in [1.29, 1.82) is 0 Å². The molecule has 2 aliphatic rings. The number of hydrazine groups is 1. The lowest BCUT2D eigenvalue weighted by Crippen LogP contribution is -2.28. The highest BCUT2D eigenvalue weighted by atomic mass is 32.2. The van der Waals surface area contributed by atoms with Gasteiger partial charge in [0.2, 0.25) is 0 Å². The molecule has 22 heavy (non-hydrogen) atoms. The summed E-state index contributed by atoms with van der Waals surface area (Å²) in [6.45, 7) is 4.92. The molecule has 0 aliphatic carbocycles. The van der Waals surface area contributed by atoms with E-state index >= 15 is 0 Å². The third kappa shape index (κ3) is 3.01. The highest BCUT2D eigenvalue weighted by Gasteiger charge is 2.34. The fourth-order valence-corrected chi connectivity index (χ4v) is 3.98. The molecule has 2 heterocycles. The predicted molar refractivity (Wildman–Crippen MR) is 94.0 cm³/mol. The summed E-state index contributed by atoms with van der Waals surface area (Å²) in [6.07, 6.45) is 3.73. The molecule has 6 heteroatoms. The van der Waals surface area contributed by atoms with Crippen molar-refractivity contribution in [3.8, 4) is 0 Å². The molecule has 2 saturated heterocycles. The molecule has 0 spiro atoms. The summed E-state index contributed by atoms with van der Waals surface area (Å²) >= 11 is 6.64. The molecule has 1 aromatic rings. The van der Waals surface area contributed by atoms with Crippen LogP contribution in [0.2, 0.25) is 0 Å². The van der Waals surface area contributed by atoms with Crippen LogP contribution in [0.5, 0.6) is 0 Å². The van der Waals surface area contributed by atoms with E-state index in [4.69, 9.17) is 12.2 Å². The molecule has 2 unspecified atom stereocenters. The van der Waals surface area contributed by atoms with E-state index < -0.39 is 0 Å². The second kappa shape index (κ2) is 6.75. The van der Waals surface area contributed by atoms with E-state index in [1.165, 1.54) is 17.3 Å². The van der Waals surface area contributed by atoms with Gasteiger partial charge in [-0.3, -0.25) is 15.1 Å². The molecule has 0 aromatic heterocycles. The van der Waals surface area contributed by atoms with Crippen molar-refractivity contribution in [3.05, 3.63) is 59.5 Å². The largest absolute Gasteiger partial charge is 0.289 e. The van der Waals surface area contributed by atoms with Gasteiger partial charge in [0, 0.05) is 19.0 Å². The number of nitrogens with one attached hydrogen (secondary N) is 2. The SMILES string of the molecule is C=CCN1C(=O)/C(=C/C2CNNC2c2ccccc2)SC1=S. The van der Waals surface area contributed by atoms with Crippen molar-refractivity contribution < 1.29 is 4.79 Å². The highest BCUT2D eigenvalue weighted by Crippen LogP contribution is 2.35. The molecule has 2 fully saturated rings. The van der Waals surface area contributed by atoms with E-state index in [9.17, 15) is 4.79 Å². The fourth-order valence-electron chi connectivity index (χ4n) is 2.65. The number of benzene rings is 1. The monoisotopic (exact) mass is 331 g/mol. The number of thiocarbonyl (C=S) groups is 1. The number of hydrogen-bond acceptors (Lipinski definition) is 5. The molecule has 3 rings (SSSR count). The van der Waals surface area contributed by atoms with Gasteiger partial charge >= 0.3 is 0 Å². The van der Waals surface area contributed by atoms with Gasteiger partial charge < -0.3 is 0 Å². The molecule has 2 atom stereocenters. The third-order valence-corrected chi connectivity index (χ3v) is 5.13. The zero-order chi connectivity index (χ0) is 15.5. The topological polar surface area (TPSA) is 44.4 Å². The average Bonchev–Trinajstić information content (AvgIpc) is 3.09. The van der Waals surface area contributed by atoms with E-state index in [1.807, 2.05) is 24.3 Å². The second-order valence-electron chi connectivity index (χ2n) is 5.18. The Bertz CT molecular complexity index is 630. The Hall–Kier alpha value is -1.47. The van der Waals surface area contributed by atoms with Gasteiger partial charge in [0.25, 0.3) is 5.91 Å². The number of carbonyl (C=O) groups excluding carboxylic acids is 1. The molecule has 114 valence electrons. The third-order valence-electron chi connectivity index (χ3n) is 3.73. The summed E-state index contributed by atoms with van der Waals surface area (Å²) in [5.41, 5.74) is 7.67. The van der Waals surface area contributed by atoms with Gasteiger partial charge in [0.1, 0.15) is 4.32 Å². The maximum Gasteiger partial charge on any atom is 0.266 e. The van der Waals surface area contributed by atoms with E-state index in [0.29, 0.717) is 15.8 Å². The first-order valence-corrected chi connectivity index (χ1v) is 8.33. The first-order valence-electron chi connectivity index (χ1n) is 7.10. The summed E-state index contributed by atoms with van der Waals surface area (Å²) in [7, 11) is 0. The van der Waals surface area contributed by atoms with Crippen LogP contribution >= 0.6 is 24.0 Å². The van der Waals surface area contributed by atoms with Gasteiger partial charge in [-0.15, -0.1) is 6.58 Å². The summed E-state index contributed by atoms with van der Waals surface area (Å²) in [5, 5.41) is 0. The number of amides is 1. The van der Waals surface area contributed by atoms with Crippen molar-refractivity contribution in [2.45, 2.75) is 6.04 Å². The van der Waals surface area contributed by atoms with Crippen molar-refractivity contribution >= 4 is 34.2 Å². The molecular formula is C16H17N3OS2. The van der Waals surface area contributed by atoms with Crippen molar-refractivity contribution in [2.24, 2.45) is 5.92 Å². The molecule has 0 bridgehead atoms. The van der Waals surface area contributed by atoms with E-state index in [1.54, 1.807) is 11.0 Å². The van der Waals surface area contributed by atoms with Gasteiger partial charge in [0.15, 0.2) is 0 Å². The number of carbonyl (C=O) groups is 1. The molecule has 1 aromatic carbocycles. The summed E-state index contributed by atoms with van der Waals surface area (Å²) in [4.78, 5) is 14.7. The van der Waals surface area contributed by atoms with Gasteiger partial charge in [-0.25, -0.2) is 5.43 Å². The molecule has 4 nitrogen and oxygen atoms in total. The van der Waals surface area contributed by atoms with Crippen LogP contribution in [-0.4, -0.2) is 28.2 Å². The Balaban J connectivity index is 1.81. The quantitative estimate of drug-likeness (QED) is 0.504. The normalized spacial score (nSPS) is 26.9. The molecule has 2 N–H and O–H groups in total. The van der Waals surface area contributed by atoms with Crippen LogP contribution < -0.4 is 10.9 Å². The lowest BCUT2D eigenvalue weighted by atomic mass is 9.94. The number of thioether (sulfide) groups is 1. The zero-order valence-electron chi connectivity index (χ0n) is 12.0. The lowest BCUT2D eigenvalue weighted by molar-refractivity contribution is -0.121. The molecule has 1 amide bonds. The Labute approximate surface area is 139 Å². The van der Waals surface area contributed by atoms with Crippen molar-refractivity contribution in [1.82, 2.24) is 15.8 Å².